The van der Waals surface area contributed by atoms with Crippen molar-refractivity contribution in [3.63, 3.8) is 0 Å². The van der Waals surface area contributed by atoms with Gasteiger partial charge in [-0.15, -0.1) is 0 Å². The van der Waals surface area contributed by atoms with Crippen LogP contribution in [0.3, 0.4) is 0 Å². The Morgan fingerprint density at radius 3 is 1.98 bits per heavy atom. The van der Waals surface area contributed by atoms with Gasteiger partial charge in [0.05, 0.1) is 24.7 Å². The Labute approximate surface area is 380 Å². The molecule has 4 saturated carbocycles. The normalized spacial score (nSPS) is 53.9. The monoisotopic (exact) mass is 929 g/mol. The molecule has 0 radical (unpaired) electrons. The third-order valence-corrected chi connectivity index (χ3v) is 19.0. The zero-order chi connectivity index (χ0) is 47.6. The highest BCUT2D eigenvalue weighted by Gasteiger charge is 2.70. The van der Waals surface area contributed by atoms with E-state index < -0.39 is 117 Å². The summed E-state index contributed by atoms with van der Waals surface area (Å²) in [5.41, 5.74) is -0.0884. The van der Waals surface area contributed by atoms with Gasteiger partial charge in [0.15, 0.2) is 18.9 Å². The van der Waals surface area contributed by atoms with E-state index in [4.69, 9.17) is 28.4 Å². The van der Waals surface area contributed by atoms with Crippen molar-refractivity contribution in [3.05, 3.63) is 11.6 Å². The molecular weight excluding hydrogens is 852 g/mol. The van der Waals surface area contributed by atoms with Gasteiger partial charge in [-0.25, -0.2) is 0 Å². The first-order chi connectivity index (χ1) is 30.3. The first-order valence-electron chi connectivity index (χ1n) is 23.8. The number of aliphatic hydroxyl groups excluding tert-OH is 11. The predicted octanol–water partition coefficient (Wildman–Crippen LogP) is 0.0980. The summed E-state index contributed by atoms with van der Waals surface area (Å²) in [6, 6.07) is 0. The fourth-order valence-corrected chi connectivity index (χ4v) is 14.6. The fraction of sp³-hybridized carbons (Fsp3) is 0.936. The second-order valence-electron chi connectivity index (χ2n) is 23.2. The highest BCUT2D eigenvalue weighted by Crippen LogP contribution is 2.76. The maximum atomic E-state index is 14.9. The van der Waals surface area contributed by atoms with Crippen molar-refractivity contribution in [2.24, 2.45) is 50.2 Å². The molecule has 23 atom stereocenters. The number of allylic oxidation sites excluding steroid dienone is 2. The van der Waals surface area contributed by atoms with Crippen molar-refractivity contribution in [1.82, 2.24) is 0 Å². The zero-order valence-corrected chi connectivity index (χ0v) is 38.8. The molecule has 11 N–H and O–H groups in total. The van der Waals surface area contributed by atoms with Crippen LogP contribution in [0.1, 0.15) is 113 Å². The lowest BCUT2D eigenvalue weighted by Gasteiger charge is -2.71. The van der Waals surface area contributed by atoms with Crippen LogP contribution in [0.25, 0.3) is 0 Å². The first-order valence-corrected chi connectivity index (χ1v) is 23.8. The van der Waals surface area contributed by atoms with E-state index in [0.29, 0.717) is 24.7 Å². The number of aliphatic hydroxyl groups is 11. The molecule has 0 bridgehead atoms. The number of hydrogen-bond donors (Lipinski definition) is 11. The SMILES string of the molecule is CC1(C)CC[C@]2(C(=O)O[C@@H]3O[C@H](CO[C@@H]4O[C@H](CO)[C@@H](O[C@@H]5O[C@@H](O)[C@H](O)[C@@H](O)[C@H]5O)[C@H](O)[C@H]4O)[C@@H](O)[C@H](O)[C@H]3O)CC[C@]3(C)C(=CC[C@@H]4[C@@]5(C)CC[C@@H](O)C(C)(C)[C@@H]5CC[C@]43C)[C@@H]2C1. The largest absolute Gasteiger partial charge is 0.432 e. The quantitative estimate of drug-likeness (QED) is 0.114. The molecule has 18 nitrogen and oxygen atoms in total. The van der Waals surface area contributed by atoms with E-state index in [2.05, 4.69) is 54.5 Å². The summed E-state index contributed by atoms with van der Waals surface area (Å²) < 4.78 is 34.0. The molecule has 0 aromatic carbocycles. The van der Waals surface area contributed by atoms with Crippen LogP contribution in [0.4, 0.5) is 0 Å². The van der Waals surface area contributed by atoms with Crippen LogP contribution in [0, 0.1) is 50.2 Å². The molecule has 3 aliphatic heterocycles. The molecule has 65 heavy (non-hydrogen) atoms. The van der Waals surface area contributed by atoms with Gasteiger partial charge in [-0.1, -0.05) is 60.1 Å². The topological polar surface area (TPSA) is 295 Å². The second kappa shape index (κ2) is 17.5. The van der Waals surface area contributed by atoms with Gasteiger partial charge in [0.25, 0.3) is 0 Å². The van der Waals surface area contributed by atoms with Crippen LogP contribution < -0.4 is 0 Å². The summed E-state index contributed by atoms with van der Waals surface area (Å²) >= 11 is 0. The third kappa shape index (κ3) is 7.89. The van der Waals surface area contributed by atoms with E-state index in [1.165, 1.54) is 5.57 Å². The van der Waals surface area contributed by atoms with E-state index in [-0.39, 0.29) is 39.1 Å². The minimum absolute atomic E-state index is 0.0464. The van der Waals surface area contributed by atoms with Crippen LogP contribution in [0.5, 0.6) is 0 Å². The predicted molar refractivity (Wildman–Crippen MR) is 225 cm³/mol. The van der Waals surface area contributed by atoms with E-state index in [9.17, 15) is 61.0 Å². The molecule has 0 aromatic heterocycles. The van der Waals surface area contributed by atoms with E-state index >= 15 is 0 Å². The third-order valence-electron chi connectivity index (χ3n) is 19.0. The molecule has 0 spiro atoms. The van der Waals surface area contributed by atoms with Gasteiger partial charge in [0, 0.05) is 0 Å². The van der Waals surface area contributed by atoms with Crippen LogP contribution in [-0.4, -0.2) is 174 Å². The minimum Gasteiger partial charge on any atom is -0.432 e. The van der Waals surface area contributed by atoms with Crippen LogP contribution in [-0.2, 0) is 33.2 Å². The molecule has 0 amide bonds. The smallest absolute Gasteiger partial charge is 0.315 e. The molecule has 0 unspecified atom stereocenters. The Hall–Kier alpha value is -1.43. The molecule has 7 fully saturated rings. The Bertz CT molecular complexity index is 1780. The number of esters is 1. The van der Waals surface area contributed by atoms with Gasteiger partial charge in [0.2, 0.25) is 6.29 Å². The Morgan fingerprint density at radius 2 is 1.29 bits per heavy atom. The highest BCUT2D eigenvalue weighted by atomic mass is 16.8. The molecule has 5 aliphatic carbocycles. The summed E-state index contributed by atoms with van der Waals surface area (Å²) in [5, 5.41) is 117. The van der Waals surface area contributed by atoms with E-state index in [0.717, 1.165) is 51.4 Å². The molecular formula is C47H76O18. The number of carbonyl (C=O) groups is 1. The molecule has 8 aliphatic rings. The van der Waals surface area contributed by atoms with Crippen molar-refractivity contribution in [1.29, 1.82) is 0 Å². The maximum Gasteiger partial charge on any atom is 0.315 e. The van der Waals surface area contributed by atoms with Gasteiger partial charge in [-0.2, -0.15) is 0 Å². The standard InChI is InChI=1S/C47H76O18/c1-42(2)14-16-47(17-15-45(6)21(22(47)18-42)8-9-26-44(5)12-11-27(49)43(3,4)25(44)10-13-46(26,45)7)41(59)65-39-33(55)29(51)28(50)24(62-39)20-60-38-35(57)31(53)36(23(19-48)61-38)63-40-34(56)30(52)32(54)37(58)64-40/h8,22-40,48-58H,9-20H2,1-7H3/t22-,23+,24+,25-,26+,27+,28+,29-,30+,31+,32+,33+,34+,35+,36+,37+,38+,39-,40+,44-,45+,46+,47-/m0/s1. The van der Waals surface area contributed by atoms with Crippen molar-refractivity contribution in [3.8, 4) is 0 Å². The first kappa shape index (κ1) is 50.0. The lowest BCUT2D eigenvalue weighted by Crippen LogP contribution is -2.65. The lowest BCUT2D eigenvalue weighted by molar-refractivity contribution is -0.380. The molecule has 372 valence electrons. The van der Waals surface area contributed by atoms with Gasteiger partial charge >= 0.3 is 5.97 Å². The van der Waals surface area contributed by atoms with E-state index in [1.807, 2.05) is 0 Å². The fourth-order valence-electron chi connectivity index (χ4n) is 14.6. The van der Waals surface area contributed by atoms with Gasteiger partial charge < -0.3 is 84.6 Å². The summed E-state index contributed by atoms with van der Waals surface area (Å²) in [6.07, 6.45) is -16.4. The average molecular weight is 929 g/mol. The van der Waals surface area contributed by atoms with E-state index in [1.54, 1.807) is 0 Å². The average Bonchev–Trinajstić information content (AvgIpc) is 3.25. The van der Waals surface area contributed by atoms with Gasteiger partial charge in [-0.3, -0.25) is 4.79 Å². The highest BCUT2D eigenvalue weighted by molar-refractivity contribution is 5.79. The summed E-state index contributed by atoms with van der Waals surface area (Å²) in [6.45, 7) is 14.8. The Morgan fingerprint density at radius 1 is 0.662 bits per heavy atom. The van der Waals surface area contributed by atoms with Gasteiger partial charge in [0.1, 0.15) is 67.1 Å². The maximum absolute atomic E-state index is 14.9. The van der Waals surface area contributed by atoms with Crippen LogP contribution in [0.15, 0.2) is 11.6 Å². The van der Waals surface area contributed by atoms with Crippen molar-refractivity contribution < 1.29 is 89.4 Å². The number of carbonyl (C=O) groups excluding carboxylic acids is 1. The summed E-state index contributed by atoms with van der Waals surface area (Å²) in [7, 11) is 0. The summed E-state index contributed by atoms with van der Waals surface area (Å²) in [4.78, 5) is 14.9. The van der Waals surface area contributed by atoms with Crippen LogP contribution >= 0.6 is 0 Å². The molecule has 0 aromatic rings. The molecule has 3 saturated heterocycles. The Balaban J connectivity index is 0.973. The molecule has 8 rings (SSSR count). The minimum atomic E-state index is -1.97. The number of rotatable bonds is 8. The lowest BCUT2D eigenvalue weighted by atomic mass is 9.33. The Kier molecular flexibility index (Phi) is 13.4. The molecule has 18 heteroatoms. The zero-order valence-electron chi connectivity index (χ0n) is 38.8. The van der Waals surface area contributed by atoms with Gasteiger partial charge in [-0.05, 0) is 109 Å². The second-order valence-corrected chi connectivity index (χ2v) is 23.2. The van der Waals surface area contributed by atoms with Crippen molar-refractivity contribution in [2.75, 3.05) is 13.2 Å². The van der Waals surface area contributed by atoms with Crippen molar-refractivity contribution >= 4 is 5.97 Å². The number of fused-ring (bicyclic) bond motifs is 7. The summed E-state index contributed by atoms with van der Waals surface area (Å²) in [5.74, 6) is 0.0958. The number of ether oxygens (including phenoxy) is 6. The van der Waals surface area contributed by atoms with Crippen LogP contribution in [0.2, 0.25) is 0 Å². The number of hydrogen-bond acceptors (Lipinski definition) is 18. The van der Waals surface area contributed by atoms with Crippen molar-refractivity contribution in [2.45, 2.75) is 211 Å². The molecule has 3 heterocycles.